The summed E-state index contributed by atoms with van der Waals surface area (Å²) in [6.45, 7) is 8.49. The van der Waals surface area contributed by atoms with Crippen LogP contribution in [-0.4, -0.2) is 28.4 Å². The highest BCUT2D eigenvalue weighted by molar-refractivity contribution is 6.51. The Bertz CT molecular complexity index is 1260. The van der Waals surface area contributed by atoms with E-state index in [0.29, 0.717) is 29.3 Å². The van der Waals surface area contributed by atoms with Crippen molar-refractivity contribution in [1.29, 1.82) is 0 Å². The lowest BCUT2D eigenvalue weighted by Gasteiger charge is -2.26. The molecule has 1 unspecified atom stereocenters. The molecule has 174 valence electrons. The molecule has 3 aromatic rings. The maximum atomic E-state index is 13.3. The molecule has 0 spiro atoms. The summed E-state index contributed by atoms with van der Waals surface area (Å²) < 4.78 is 5.84. The number of pyridine rings is 1. The van der Waals surface area contributed by atoms with E-state index < -0.39 is 17.7 Å². The molecule has 1 aromatic heterocycles. The zero-order valence-electron chi connectivity index (χ0n) is 19.8. The van der Waals surface area contributed by atoms with Crippen molar-refractivity contribution < 1.29 is 19.4 Å². The largest absolute Gasteiger partial charge is 0.507 e. The molecule has 1 aliphatic rings. The number of aryl methyl sites for hydroxylation is 2. The molecule has 1 fully saturated rings. The van der Waals surface area contributed by atoms with Crippen molar-refractivity contribution in [2.75, 3.05) is 11.5 Å². The van der Waals surface area contributed by atoms with Crippen LogP contribution in [0.2, 0.25) is 0 Å². The number of anilines is 1. The summed E-state index contributed by atoms with van der Waals surface area (Å²) in [4.78, 5) is 32.2. The Hall–Kier alpha value is -3.93. The van der Waals surface area contributed by atoms with Crippen molar-refractivity contribution in [3.05, 3.63) is 94.8 Å². The number of carbonyl (C=O) groups excluding carboxylic acids is 2. The number of nitrogens with zero attached hydrogens (tertiary/aromatic N) is 2. The van der Waals surface area contributed by atoms with E-state index in [-0.39, 0.29) is 11.3 Å². The average Bonchev–Trinajstić information content (AvgIpc) is 3.09. The number of para-hydroxylation sites is 1. The predicted octanol–water partition coefficient (Wildman–Crippen LogP) is 5.36. The van der Waals surface area contributed by atoms with Gasteiger partial charge in [-0.05, 0) is 66.8 Å². The summed E-state index contributed by atoms with van der Waals surface area (Å²) in [5.74, 6) is -0.536. The van der Waals surface area contributed by atoms with Crippen molar-refractivity contribution in [3.63, 3.8) is 0 Å². The lowest BCUT2D eigenvalue weighted by molar-refractivity contribution is -0.132. The summed E-state index contributed by atoms with van der Waals surface area (Å²) in [6, 6.07) is 15.4. The van der Waals surface area contributed by atoms with Gasteiger partial charge in [0.1, 0.15) is 11.5 Å². The molecule has 4 rings (SSSR count). The van der Waals surface area contributed by atoms with Crippen molar-refractivity contribution in [2.45, 2.75) is 33.7 Å². The average molecular weight is 457 g/mol. The van der Waals surface area contributed by atoms with E-state index in [1.54, 1.807) is 48.8 Å². The molecule has 0 radical (unpaired) electrons. The lowest BCUT2D eigenvalue weighted by Crippen LogP contribution is -2.30. The first-order valence-corrected chi connectivity index (χ1v) is 11.3. The normalized spacial score (nSPS) is 17.4. The topological polar surface area (TPSA) is 79.7 Å². The van der Waals surface area contributed by atoms with Gasteiger partial charge in [-0.15, -0.1) is 0 Å². The fourth-order valence-corrected chi connectivity index (χ4v) is 4.14. The van der Waals surface area contributed by atoms with Gasteiger partial charge in [0.15, 0.2) is 0 Å². The molecule has 0 bridgehead atoms. The Labute approximate surface area is 199 Å². The van der Waals surface area contributed by atoms with Gasteiger partial charge in [0.2, 0.25) is 0 Å². The standard InChI is InChI=1S/C28H28N2O4/c1-17(2)16-34-23-12-11-20(14-19(23)4)26(31)24-25(21-9-7-13-29-15-21)30(28(33)27(24)32)22-10-6-5-8-18(22)3/h5-15,17,25,31H,16H2,1-4H3/b26-24-. The van der Waals surface area contributed by atoms with Crippen LogP contribution < -0.4 is 9.64 Å². The summed E-state index contributed by atoms with van der Waals surface area (Å²) in [7, 11) is 0. The highest BCUT2D eigenvalue weighted by atomic mass is 16.5. The van der Waals surface area contributed by atoms with Gasteiger partial charge < -0.3 is 9.84 Å². The zero-order chi connectivity index (χ0) is 24.4. The maximum Gasteiger partial charge on any atom is 0.300 e. The van der Waals surface area contributed by atoms with E-state index in [1.807, 2.05) is 32.0 Å². The van der Waals surface area contributed by atoms with E-state index in [2.05, 4.69) is 18.8 Å². The van der Waals surface area contributed by atoms with E-state index in [1.165, 1.54) is 4.90 Å². The van der Waals surface area contributed by atoms with Crippen LogP contribution in [0.25, 0.3) is 5.76 Å². The number of benzene rings is 2. The third kappa shape index (κ3) is 4.31. The Balaban J connectivity index is 1.85. The minimum Gasteiger partial charge on any atom is -0.507 e. The summed E-state index contributed by atoms with van der Waals surface area (Å²) in [5, 5.41) is 11.3. The van der Waals surface area contributed by atoms with E-state index in [0.717, 1.165) is 16.9 Å². The summed E-state index contributed by atoms with van der Waals surface area (Å²) in [6.07, 6.45) is 3.24. The molecule has 0 aliphatic carbocycles. The van der Waals surface area contributed by atoms with Crippen LogP contribution in [0, 0.1) is 19.8 Å². The molecule has 1 saturated heterocycles. The number of hydrogen-bond acceptors (Lipinski definition) is 5. The molecule has 34 heavy (non-hydrogen) atoms. The third-order valence-electron chi connectivity index (χ3n) is 5.84. The van der Waals surface area contributed by atoms with Gasteiger partial charge in [-0.25, -0.2) is 0 Å². The Morgan fingerprint density at radius 3 is 2.47 bits per heavy atom. The fraction of sp³-hybridized carbons (Fsp3) is 0.250. The summed E-state index contributed by atoms with van der Waals surface area (Å²) >= 11 is 0. The second kappa shape index (κ2) is 9.51. The van der Waals surface area contributed by atoms with Crippen LogP contribution in [0.5, 0.6) is 5.75 Å². The number of aromatic nitrogens is 1. The van der Waals surface area contributed by atoms with Crippen molar-refractivity contribution in [1.82, 2.24) is 4.98 Å². The minimum atomic E-state index is -0.799. The van der Waals surface area contributed by atoms with Crippen molar-refractivity contribution >= 4 is 23.1 Å². The first-order valence-electron chi connectivity index (χ1n) is 11.3. The number of ketones is 1. The Morgan fingerprint density at radius 2 is 1.82 bits per heavy atom. The highest BCUT2D eigenvalue weighted by Gasteiger charge is 2.47. The number of rotatable bonds is 6. The van der Waals surface area contributed by atoms with Crippen LogP contribution in [0.15, 0.2) is 72.6 Å². The first-order chi connectivity index (χ1) is 16.3. The van der Waals surface area contributed by atoms with Crippen LogP contribution in [-0.2, 0) is 9.59 Å². The fourth-order valence-electron chi connectivity index (χ4n) is 4.14. The van der Waals surface area contributed by atoms with Gasteiger partial charge in [0, 0.05) is 23.6 Å². The van der Waals surface area contributed by atoms with Crippen LogP contribution >= 0.6 is 0 Å². The molecule has 6 heteroatoms. The maximum absolute atomic E-state index is 13.3. The molecule has 1 aliphatic heterocycles. The van der Waals surface area contributed by atoms with E-state index in [9.17, 15) is 14.7 Å². The molecule has 2 heterocycles. The smallest absolute Gasteiger partial charge is 0.300 e. The molecule has 0 saturated carbocycles. The Morgan fingerprint density at radius 1 is 1.06 bits per heavy atom. The number of carbonyl (C=O) groups is 2. The number of amides is 1. The molecule has 1 amide bonds. The monoisotopic (exact) mass is 456 g/mol. The molecule has 1 N–H and O–H groups in total. The van der Waals surface area contributed by atoms with Gasteiger partial charge >= 0.3 is 0 Å². The first kappa shape index (κ1) is 23.2. The van der Waals surface area contributed by atoms with Gasteiger partial charge in [0.25, 0.3) is 11.7 Å². The summed E-state index contributed by atoms with van der Waals surface area (Å²) in [5.41, 5.74) is 3.42. The van der Waals surface area contributed by atoms with Gasteiger partial charge in [0.05, 0.1) is 18.2 Å². The quantitative estimate of drug-likeness (QED) is 0.307. The number of ether oxygens (including phenoxy) is 1. The number of Topliss-reactive ketones (excluding diaryl/α,β-unsaturated/α-hetero) is 1. The third-order valence-corrected chi connectivity index (χ3v) is 5.84. The van der Waals surface area contributed by atoms with Gasteiger partial charge in [-0.3, -0.25) is 19.5 Å². The van der Waals surface area contributed by atoms with Gasteiger partial charge in [-0.2, -0.15) is 0 Å². The number of hydrogen-bond donors (Lipinski definition) is 1. The van der Waals surface area contributed by atoms with Crippen LogP contribution in [0.4, 0.5) is 5.69 Å². The van der Waals surface area contributed by atoms with Crippen molar-refractivity contribution in [3.8, 4) is 5.75 Å². The molecule has 1 atom stereocenters. The van der Waals surface area contributed by atoms with Gasteiger partial charge in [-0.1, -0.05) is 38.1 Å². The lowest BCUT2D eigenvalue weighted by atomic mass is 9.95. The van der Waals surface area contributed by atoms with Crippen LogP contribution in [0.3, 0.4) is 0 Å². The number of aliphatic hydroxyl groups is 1. The second-order valence-electron chi connectivity index (χ2n) is 8.93. The zero-order valence-corrected chi connectivity index (χ0v) is 19.8. The second-order valence-corrected chi connectivity index (χ2v) is 8.93. The molecular formula is C28H28N2O4. The highest BCUT2D eigenvalue weighted by Crippen LogP contribution is 2.43. The number of aliphatic hydroxyl groups excluding tert-OH is 1. The predicted molar refractivity (Wildman–Crippen MR) is 132 cm³/mol. The van der Waals surface area contributed by atoms with Crippen molar-refractivity contribution in [2.24, 2.45) is 5.92 Å². The molecular weight excluding hydrogens is 428 g/mol. The van der Waals surface area contributed by atoms with E-state index >= 15 is 0 Å². The SMILES string of the molecule is Cc1cc(/C(O)=C2/C(=O)C(=O)N(c3ccccc3C)C2c2cccnc2)ccc1OCC(C)C. The Kier molecular flexibility index (Phi) is 6.50. The molecule has 2 aromatic carbocycles. The molecule has 6 nitrogen and oxygen atoms in total. The van der Waals surface area contributed by atoms with E-state index in [4.69, 9.17) is 4.74 Å². The van der Waals surface area contributed by atoms with Crippen LogP contribution in [0.1, 0.15) is 42.1 Å². The minimum absolute atomic E-state index is 0.0384.